The molecule has 0 amide bonds. The molecular weight excluding hydrogens is 196 g/mol. The van der Waals surface area contributed by atoms with E-state index >= 15 is 0 Å². The van der Waals surface area contributed by atoms with Crippen LogP contribution >= 0.6 is 0 Å². The Bertz CT molecular complexity index is 290. The summed E-state index contributed by atoms with van der Waals surface area (Å²) in [7, 11) is 0. The molecule has 0 aromatic heterocycles. The Hall–Kier alpha value is -0.860. The molecule has 2 unspecified atom stereocenters. The Morgan fingerprint density at radius 1 is 1.12 bits per heavy atom. The summed E-state index contributed by atoms with van der Waals surface area (Å²) in [6, 6.07) is 9.59. The molecule has 0 saturated heterocycles. The summed E-state index contributed by atoms with van der Waals surface area (Å²) >= 11 is 0. The van der Waals surface area contributed by atoms with Gasteiger partial charge in [-0.15, -0.1) is 0 Å². The first-order valence-electron chi connectivity index (χ1n) is 6.18. The molecule has 3 N–H and O–H groups in total. The Morgan fingerprint density at radius 3 is 2.19 bits per heavy atom. The van der Waals surface area contributed by atoms with Crippen LogP contribution in [-0.4, -0.2) is 18.6 Å². The van der Waals surface area contributed by atoms with Crippen LogP contribution in [0.1, 0.15) is 31.9 Å². The van der Waals surface area contributed by atoms with Crippen molar-refractivity contribution < 1.29 is 0 Å². The van der Waals surface area contributed by atoms with Crippen molar-refractivity contribution in [2.24, 2.45) is 5.73 Å². The fourth-order valence-corrected chi connectivity index (χ4v) is 1.72. The van der Waals surface area contributed by atoms with Gasteiger partial charge in [-0.2, -0.15) is 0 Å². The maximum atomic E-state index is 5.71. The van der Waals surface area contributed by atoms with Gasteiger partial charge in [0, 0.05) is 18.6 Å². The van der Waals surface area contributed by atoms with Gasteiger partial charge in [-0.05, 0) is 37.8 Å². The van der Waals surface area contributed by atoms with Crippen LogP contribution < -0.4 is 11.1 Å². The second kappa shape index (κ2) is 6.66. The molecular formula is C14H24N2. The summed E-state index contributed by atoms with van der Waals surface area (Å²) in [4.78, 5) is 0. The van der Waals surface area contributed by atoms with Crippen molar-refractivity contribution in [3.63, 3.8) is 0 Å². The monoisotopic (exact) mass is 220 g/mol. The minimum Gasteiger partial charge on any atom is -0.327 e. The molecule has 2 heteroatoms. The highest BCUT2D eigenvalue weighted by Gasteiger charge is 2.03. The molecule has 0 heterocycles. The molecule has 2 atom stereocenters. The standard InChI is InChI=1S/C14H24N2/c1-4-13-5-7-14(8-6-13)9-12(3)16-10-11(2)15/h5-8,11-12,16H,4,9-10,15H2,1-3H3. The first kappa shape index (κ1) is 13.2. The van der Waals surface area contributed by atoms with Crippen LogP contribution in [0.15, 0.2) is 24.3 Å². The van der Waals surface area contributed by atoms with Crippen LogP contribution in [0.4, 0.5) is 0 Å². The van der Waals surface area contributed by atoms with Crippen LogP contribution in [0.25, 0.3) is 0 Å². The second-order valence-corrected chi connectivity index (χ2v) is 4.66. The van der Waals surface area contributed by atoms with Gasteiger partial charge in [0.2, 0.25) is 0 Å². The largest absolute Gasteiger partial charge is 0.327 e. The zero-order valence-corrected chi connectivity index (χ0v) is 10.7. The highest BCUT2D eigenvalue weighted by Crippen LogP contribution is 2.07. The number of nitrogens with one attached hydrogen (secondary N) is 1. The first-order chi connectivity index (χ1) is 7.61. The smallest absolute Gasteiger partial charge is 0.0136 e. The van der Waals surface area contributed by atoms with Gasteiger partial charge in [0.25, 0.3) is 0 Å². The highest BCUT2D eigenvalue weighted by atomic mass is 14.9. The van der Waals surface area contributed by atoms with Crippen molar-refractivity contribution in [2.45, 2.75) is 45.7 Å². The number of rotatable bonds is 6. The van der Waals surface area contributed by atoms with Crippen LogP contribution in [0.3, 0.4) is 0 Å². The van der Waals surface area contributed by atoms with Crippen molar-refractivity contribution in [3.8, 4) is 0 Å². The number of hydrogen-bond acceptors (Lipinski definition) is 2. The zero-order chi connectivity index (χ0) is 12.0. The van der Waals surface area contributed by atoms with E-state index in [4.69, 9.17) is 5.73 Å². The molecule has 1 aromatic carbocycles. The molecule has 0 aliphatic carbocycles. The molecule has 1 rings (SSSR count). The fraction of sp³-hybridized carbons (Fsp3) is 0.571. The molecule has 0 aliphatic rings. The predicted octanol–water partition coefficient (Wildman–Crippen LogP) is 2.12. The van der Waals surface area contributed by atoms with Gasteiger partial charge < -0.3 is 11.1 Å². The minimum absolute atomic E-state index is 0.227. The van der Waals surface area contributed by atoms with E-state index in [-0.39, 0.29) is 6.04 Å². The number of aryl methyl sites for hydroxylation is 1. The minimum atomic E-state index is 0.227. The van der Waals surface area contributed by atoms with E-state index in [2.05, 4.69) is 43.4 Å². The third kappa shape index (κ3) is 4.77. The summed E-state index contributed by atoms with van der Waals surface area (Å²) in [5, 5.41) is 3.43. The summed E-state index contributed by atoms with van der Waals surface area (Å²) in [6.07, 6.45) is 2.18. The van der Waals surface area contributed by atoms with E-state index in [1.807, 2.05) is 6.92 Å². The molecule has 0 aliphatic heterocycles. The number of hydrogen-bond donors (Lipinski definition) is 2. The van der Waals surface area contributed by atoms with E-state index in [0.717, 1.165) is 19.4 Å². The lowest BCUT2D eigenvalue weighted by Gasteiger charge is -2.15. The molecule has 0 bridgehead atoms. The number of benzene rings is 1. The third-order valence-electron chi connectivity index (χ3n) is 2.76. The van der Waals surface area contributed by atoms with E-state index in [0.29, 0.717) is 6.04 Å². The van der Waals surface area contributed by atoms with Crippen molar-refractivity contribution in [1.29, 1.82) is 0 Å². The van der Waals surface area contributed by atoms with Gasteiger partial charge in [0.1, 0.15) is 0 Å². The third-order valence-corrected chi connectivity index (χ3v) is 2.76. The SMILES string of the molecule is CCc1ccc(CC(C)NCC(C)N)cc1. The van der Waals surface area contributed by atoms with Gasteiger partial charge in [0.15, 0.2) is 0 Å². The molecule has 0 spiro atoms. The Morgan fingerprint density at radius 2 is 1.69 bits per heavy atom. The molecule has 16 heavy (non-hydrogen) atoms. The predicted molar refractivity (Wildman–Crippen MR) is 70.6 cm³/mol. The van der Waals surface area contributed by atoms with Crippen LogP contribution in [0.2, 0.25) is 0 Å². The van der Waals surface area contributed by atoms with E-state index in [9.17, 15) is 0 Å². The molecule has 90 valence electrons. The van der Waals surface area contributed by atoms with Crippen LogP contribution in [0.5, 0.6) is 0 Å². The molecule has 0 fully saturated rings. The lowest BCUT2D eigenvalue weighted by atomic mass is 10.0. The fourth-order valence-electron chi connectivity index (χ4n) is 1.72. The molecule has 0 saturated carbocycles. The van der Waals surface area contributed by atoms with Gasteiger partial charge >= 0.3 is 0 Å². The Kier molecular flexibility index (Phi) is 5.50. The van der Waals surface area contributed by atoms with E-state index in [1.165, 1.54) is 11.1 Å². The summed E-state index contributed by atoms with van der Waals surface area (Å²) in [5.74, 6) is 0. The van der Waals surface area contributed by atoms with Crippen LogP contribution in [0, 0.1) is 0 Å². The maximum absolute atomic E-state index is 5.71. The van der Waals surface area contributed by atoms with Crippen LogP contribution in [-0.2, 0) is 12.8 Å². The lowest BCUT2D eigenvalue weighted by molar-refractivity contribution is 0.514. The molecule has 2 nitrogen and oxygen atoms in total. The van der Waals surface area contributed by atoms with Crippen molar-refractivity contribution in [3.05, 3.63) is 35.4 Å². The molecule has 0 radical (unpaired) electrons. The second-order valence-electron chi connectivity index (χ2n) is 4.66. The topological polar surface area (TPSA) is 38.0 Å². The highest BCUT2D eigenvalue weighted by molar-refractivity contribution is 5.23. The number of nitrogens with two attached hydrogens (primary N) is 1. The Balaban J connectivity index is 2.40. The van der Waals surface area contributed by atoms with E-state index < -0.39 is 0 Å². The first-order valence-corrected chi connectivity index (χ1v) is 6.18. The Labute approximate surface area is 99.2 Å². The van der Waals surface area contributed by atoms with Gasteiger partial charge in [-0.3, -0.25) is 0 Å². The van der Waals surface area contributed by atoms with Gasteiger partial charge in [-0.25, -0.2) is 0 Å². The van der Waals surface area contributed by atoms with Gasteiger partial charge in [0.05, 0.1) is 0 Å². The zero-order valence-electron chi connectivity index (χ0n) is 10.7. The normalized spacial score (nSPS) is 14.8. The average molecular weight is 220 g/mol. The van der Waals surface area contributed by atoms with Gasteiger partial charge in [-0.1, -0.05) is 31.2 Å². The van der Waals surface area contributed by atoms with Crippen molar-refractivity contribution in [1.82, 2.24) is 5.32 Å². The maximum Gasteiger partial charge on any atom is 0.0136 e. The van der Waals surface area contributed by atoms with Crippen molar-refractivity contribution in [2.75, 3.05) is 6.54 Å². The quantitative estimate of drug-likeness (QED) is 0.770. The summed E-state index contributed by atoms with van der Waals surface area (Å²) in [6.45, 7) is 7.29. The van der Waals surface area contributed by atoms with E-state index in [1.54, 1.807) is 0 Å². The van der Waals surface area contributed by atoms with Crippen molar-refractivity contribution >= 4 is 0 Å². The summed E-state index contributed by atoms with van der Waals surface area (Å²) in [5.41, 5.74) is 8.50. The lowest BCUT2D eigenvalue weighted by Crippen LogP contribution is -2.37. The average Bonchev–Trinajstić information content (AvgIpc) is 2.27. The molecule has 1 aromatic rings. The summed E-state index contributed by atoms with van der Waals surface area (Å²) < 4.78 is 0.